The van der Waals surface area contributed by atoms with Crippen molar-refractivity contribution in [1.82, 2.24) is 9.97 Å². The second-order valence-corrected chi connectivity index (χ2v) is 6.11. The Morgan fingerprint density at radius 2 is 2.10 bits per heavy atom. The lowest BCUT2D eigenvalue weighted by Crippen LogP contribution is -2.08. The highest BCUT2D eigenvalue weighted by molar-refractivity contribution is 7.90. The molecule has 0 bridgehead atoms. The van der Waals surface area contributed by atoms with Crippen molar-refractivity contribution in [2.24, 2.45) is 5.16 Å². The quantitative estimate of drug-likeness (QED) is 0.520. The summed E-state index contributed by atoms with van der Waals surface area (Å²) in [7, 11) is -2.25. The van der Waals surface area contributed by atoms with Crippen molar-refractivity contribution >= 4 is 16.1 Å². The summed E-state index contributed by atoms with van der Waals surface area (Å²) in [6, 6.07) is 6.73. The third kappa shape index (κ3) is 3.16. The van der Waals surface area contributed by atoms with E-state index in [0.29, 0.717) is 11.4 Å². The van der Waals surface area contributed by atoms with Crippen molar-refractivity contribution in [3.63, 3.8) is 0 Å². The first-order valence-electron chi connectivity index (χ1n) is 5.85. The molecule has 0 aliphatic carbocycles. The minimum Gasteiger partial charge on any atom is -0.495 e. The van der Waals surface area contributed by atoms with Crippen LogP contribution < -0.4 is 4.74 Å². The SMILES string of the molecule is COc1cc(-c2ccccn2)nc(C=NO)c1S(C)(=O)=O. The van der Waals surface area contributed by atoms with Gasteiger partial charge in [0.15, 0.2) is 9.84 Å². The number of sulfone groups is 1. The fourth-order valence-electron chi connectivity index (χ4n) is 1.84. The van der Waals surface area contributed by atoms with Crippen molar-refractivity contribution in [1.29, 1.82) is 0 Å². The average Bonchev–Trinajstić information content (AvgIpc) is 2.46. The monoisotopic (exact) mass is 307 g/mol. The molecule has 0 spiro atoms. The van der Waals surface area contributed by atoms with Gasteiger partial charge in [0.05, 0.1) is 24.7 Å². The van der Waals surface area contributed by atoms with Crippen LogP contribution in [0.2, 0.25) is 0 Å². The van der Waals surface area contributed by atoms with Gasteiger partial charge in [-0.15, -0.1) is 0 Å². The van der Waals surface area contributed by atoms with E-state index in [-0.39, 0.29) is 16.3 Å². The van der Waals surface area contributed by atoms with Crippen molar-refractivity contribution < 1.29 is 18.4 Å². The summed E-state index contributed by atoms with van der Waals surface area (Å²) in [6.45, 7) is 0. The lowest BCUT2D eigenvalue weighted by Gasteiger charge is -2.11. The average molecular weight is 307 g/mol. The van der Waals surface area contributed by atoms with Crippen LogP contribution in [0.3, 0.4) is 0 Å². The van der Waals surface area contributed by atoms with Gasteiger partial charge in [-0.3, -0.25) is 4.98 Å². The first kappa shape index (κ1) is 14.9. The predicted octanol–water partition coefficient (Wildman–Crippen LogP) is 1.36. The van der Waals surface area contributed by atoms with E-state index in [4.69, 9.17) is 9.94 Å². The molecule has 0 saturated heterocycles. The first-order valence-corrected chi connectivity index (χ1v) is 7.74. The molecule has 2 aromatic rings. The molecule has 0 amide bonds. The summed E-state index contributed by atoms with van der Waals surface area (Å²) in [4.78, 5) is 8.18. The number of aromatic nitrogens is 2. The highest BCUT2D eigenvalue weighted by Gasteiger charge is 2.22. The molecule has 0 radical (unpaired) electrons. The molecule has 0 unspecified atom stereocenters. The summed E-state index contributed by atoms with van der Waals surface area (Å²) in [6.07, 6.45) is 3.57. The number of pyridine rings is 2. The number of oxime groups is 1. The number of nitrogens with zero attached hydrogens (tertiary/aromatic N) is 3. The molecule has 0 aliphatic heterocycles. The van der Waals surface area contributed by atoms with E-state index >= 15 is 0 Å². The highest BCUT2D eigenvalue weighted by Crippen LogP contribution is 2.30. The molecule has 21 heavy (non-hydrogen) atoms. The molecule has 2 aromatic heterocycles. The third-order valence-corrected chi connectivity index (χ3v) is 3.82. The molecule has 0 aromatic carbocycles. The fraction of sp³-hybridized carbons (Fsp3) is 0.154. The summed E-state index contributed by atoms with van der Waals surface area (Å²) < 4.78 is 28.9. The maximum absolute atomic E-state index is 11.9. The van der Waals surface area contributed by atoms with Crippen LogP contribution in [0.25, 0.3) is 11.4 Å². The molecule has 110 valence electrons. The van der Waals surface area contributed by atoms with Crippen molar-refractivity contribution in [2.45, 2.75) is 4.90 Å². The van der Waals surface area contributed by atoms with Crippen LogP contribution in [0.15, 0.2) is 40.5 Å². The van der Waals surface area contributed by atoms with Crippen LogP contribution in [-0.4, -0.2) is 43.2 Å². The second kappa shape index (κ2) is 5.88. The molecule has 7 nitrogen and oxygen atoms in total. The zero-order valence-corrected chi connectivity index (χ0v) is 12.2. The molecular formula is C13H13N3O4S. The molecule has 2 rings (SSSR count). The number of ether oxygens (including phenoxy) is 1. The van der Waals surface area contributed by atoms with Gasteiger partial charge in [0.1, 0.15) is 16.3 Å². The Balaban J connectivity index is 2.77. The molecule has 0 atom stereocenters. The van der Waals surface area contributed by atoms with E-state index in [0.717, 1.165) is 12.5 Å². The highest BCUT2D eigenvalue weighted by atomic mass is 32.2. The molecular weight excluding hydrogens is 294 g/mol. The Hall–Kier alpha value is -2.48. The van der Waals surface area contributed by atoms with E-state index in [9.17, 15) is 8.42 Å². The maximum atomic E-state index is 11.9. The lowest BCUT2D eigenvalue weighted by atomic mass is 10.2. The molecule has 8 heteroatoms. The Morgan fingerprint density at radius 1 is 1.33 bits per heavy atom. The standard InChI is InChI=1S/C13H13N3O4S/c1-20-12-7-10(9-5-3-4-6-14-9)16-11(8-15-17)13(12)21(2,18)19/h3-8,17H,1-2H3. The van der Waals surface area contributed by atoms with Gasteiger partial charge in [-0.25, -0.2) is 13.4 Å². The van der Waals surface area contributed by atoms with Crippen LogP contribution in [0, 0.1) is 0 Å². The van der Waals surface area contributed by atoms with Crippen LogP contribution in [0.4, 0.5) is 0 Å². The molecule has 1 N–H and O–H groups in total. The Labute approximate surface area is 121 Å². The smallest absolute Gasteiger partial charge is 0.181 e. The first-order chi connectivity index (χ1) is 9.97. The topological polar surface area (TPSA) is 102 Å². The number of hydrogen-bond donors (Lipinski definition) is 1. The number of rotatable bonds is 4. The summed E-state index contributed by atoms with van der Waals surface area (Å²) >= 11 is 0. The van der Waals surface area contributed by atoms with E-state index in [2.05, 4.69) is 15.1 Å². The third-order valence-electron chi connectivity index (χ3n) is 2.66. The summed E-state index contributed by atoms with van der Waals surface area (Å²) in [5, 5.41) is 11.6. The van der Waals surface area contributed by atoms with Crippen molar-refractivity contribution in [3.8, 4) is 17.1 Å². The van der Waals surface area contributed by atoms with Crippen LogP contribution in [0.1, 0.15) is 5.69 Å². The molecule has 0 fully saturated rings. The predicted molar refractivity (Wildman–Crippen MR) is 76.5 cm³/mol. The minimum atomic E-state index is -3.61. The van der Waals surface area contributed by atoms with Gasteiger partial charge < -0.3 is 9.94 Å². The van der Waals surface area contributed by atoms with Gasteiger partial charge in [-0.2, -0.15) is 0 Å². The van der Waals surface area contributed by atoms with Crippen molar-refractivity contribution in [2.75, 3.05) is 13.4 Å². The van der Waals surface area contributed by atoms with Gasteiger partial charge in [-0.1, -0.05) is 11.2 Å². The Morgan fingerprint density at radius 3 is 2.62 bits per heavy atom. The van der Waals surface area contributed by atoms with Gasteiger partial charge in [0.25, 0.3) is 0 Å². The van der Waals surface area contributed by atoms with Crippen molar-refractivity contribution in [3.05, 3.63) is 36.2 Å². The molecule has 0 aliphatic rings. The van der Waals surface area contributed by atoms with E-state index < -0.39 is 9.84 Å². The number of hydrogen-bond acceptors (Lipinski definition) is 7. The van der Waals surface area contributed by atoms with Gasteiger partial charge in [-0.05, 0) is 12.1 Å². The van der Waals surface area contributed by atoms with E-state index in [1.54, 1.807) is 24.4 Å². The van der Waals surface area contributed by atoms with Gasteiger partial charge in [0, 0.05) is 18.5 Å². The normalized spacial score (nSPS) is 11.7. The van der Waals surface area contributed by atoms with Crippen LogP contribution in [-0.2, 0) is 9.84 Å². The van der Waals surface area contributed by atoms with Gasteiger partial charge in [0.2, 0.25) is 0 Å². The summed E-state index contributed by atoms with van der Waals surface area (Å²) in [5.41, 5.74) is 0.943. The Bertz CT molecular complexity index is 774. The Kier molecular flexibility index (Phi) is 4.18. The summed E-state index contributed by atoms with van der Waals surface area (Å²) in [5.74, 6) is 0.114. The molecule has 0 saturated carbocycles. The lowest BCUT2D eigenvalue weighted by molar-refractivity contribution is 0.321. The largest absolute Gasteiger partial charge is 0.495 e. The van der Waals surface area contributed by atoms with Gasteiger partial charge >= 0.3 is 0 Å². The fourth-order valence-corrected chi connectivity index (χ4v) is 2.83. The minimum absolute atomic E-state index is 0.0139. The van der Waals surface area contributed by atoms with E-state index in [1.165, 1.54) is 13.2 Å². The molecule has 2 heterocycles. The van der Waals surface area contributed by atoms with Crippen LogP contribution >= 0.6 is 0 Å². The maximum Gasteiger partial charge on any atom is 0.181 e. The van der Waals surface area contributed by atoms with E-state index in [1.807, 2.05) is 0 Å². The van der Waals surface area contributed by atoms with Crippen LogP contribution in [0.5, 0.6) is 5.75 Å². The number of methoxy groups -OCH3 is 1. The second-order valence-electron chi connectivity index (χ2n) is 4.16. The zero-order valence-electron chi connectivity index (χ0n) is 11.4. The zero-order chi connectivity index (χ0) is 15.5.